The SMILES string of the molecule is COc1cnn(C(C)C)c1C(N)C1(OC)CCCC(C)C1. The summed E-state index contributed by atoms with van der Waals surface area (Å²) in [5.74, 6) is 1.39. The molecule has 1 saturated carbocycles. The van der Waals surface area contributed by atoms with Gasteiger partial charge in [-0.25, -0.2) is 0 Å². The van der Waals surface area contributed by atoms with Gasteiger partial charge >= 0.3 is 0 Å². The van der Waals surface area contributed by atoms with E-state index in [2.05, 4.69) is 25.9 Å². The summed E-state index contributed by atoms with van der Waals surface area (Å²) in [5.41, 5.74) is 7.30. The summed E-state index contributed by atoms with van der Waals surface area (Å²) >= 11 is 0. The topological polar surface area (TPSA) is 62.3 Å². The van der Waals surface area contributed by atoms with Crippen LogP contribution in [0.5, 0.6) is 5.75 Å². The van der Waals surface area contributed by atoms with Crippen LogP contribution in [-0.4, -0.2) is 29.6 Å². The molecule has 2 rings (SSSR count). The highest BCUT2D eigenvalue weighted by atomic mass is 16.5. The van der Waals surface area contributed by atoms with Crippen LogP contribution in [0.4, 0.5) is 0 Å². The van der Waals surface area contributed by atoms with Crippen molar-refractivity contribution in [2.45, 2.75) is 64.1 Å². The number of rotatable bonds is 5. The summed E-state index contributed by atoms with van der Waals surface area (Å²) in [6.45, 7) is 6.48. The molecule has 1 aromatic rings. The minimum atomic E-state index is -0.322. The Morgan fingerprint density at radius 2 is 2.14 bits per heavy atom. The number of methoxy groups -OCH3 is 2. The van der Waals surface area contributed by atoms with Gasteiger partial charge in [-0.05, 0) is 32.6 Å². The zero-order valence-electron chi connectivity index (χ0n) is 13.9. The third-order valence-corrected chi connectivity index (χ3v) is 4.77. The first-order chi connectivity index (χ1) is 9.95. The molecule has 1 fully saturated rings. The van der Waals surface area contributed by atoms with Crippen molar-refractivity contribution in [2.24, 2.45) is 11.7 Å². The highest BCUT2D eigenvalue weighted by Gasteiger charge is 2.43. The van der Waals surface area contributed by atoms with Crippen LogP contribution in [0, 0.1) is 5.92 Å². The van der Waals surface area contributed by atoms with Crippen LogP contribution in [0.15, 0.2) is 6.20 Å². The number of hydrogen-bond acceptors (Lipinski definition) is 4. The van der Waals surface area contributed by atoms with Crippen molar-refractivity contribution in [1.29, 1.82) is 0 Å². The minimum Gasteiger partial charge on any atom is -0.493 e. The second-order valence-corrected chi connectivity index (χ2v) is 6.58. The Bertz CT molecular complexity index is 472. The van der Waals surface area contributed by atoms with E-state index in [1.165, 1.54) is 6.42 Å². The van der Waals surface area contributed by atoms with E-state index >= 15 is 0 Å². The van der Waals surface area contributed by atoms with Gasteiger partial charge in [0, 0.05) is 13.2 Å². The first-order valence-electron chi connectivity index (χ1n) is 7.87. The molecule has 3 unspecified atom stereocenters. The van der Waals surface area contributed by atoms with Crippen molar-refractivity contribution < 1.29 is 9.47 Å². The van der Waals surface area contributed by atoms with Gasteiger partial charge in [0.1, 0.15) is 5.69 Å². The maximum absolute atomic E-state index is 6.67. The van der Waals surface area contributed by atoms with Crippen LogP contribution in [0.3, 0.4) is 0 Å². The molecule has 0 aromatic carbocycles. The van der Waals surface area contributed by atoms with Crippen molar-refractivity contribution in [1.82, 2.24) is 9.78 Å². The fraction of sp³-hybridized carbons (Fsp3) is 0.812. The summed E-state index contributed by atoms with van der Waals surface area (Å²) < 4.78 is 13.4. The molecule has 0 amide bonds. The van der Waals surface area contributed by atoms with Crippen molar-refractivity contribution >= 4 is 0 Å². The van der Waals surface area contributed by atoms with Crippen LogP contribution in [0.2, 0.25) is 0 Å². The Balaban J connectivity index is 2.41. The van der Waals surface area contributed by atoms with E-state index < -0.39 is 0 Å². The minimum absolute atomic E-state index is 0.231. The smallest absolute Gasteiger partial charge is 0.161 e. The number of hydrogen-bond donors (Lipinski definition) is 1. The molecule has 0 spiro atoms. The Hall–Kier alpha value is -1.07. The summed E-state index contributed by atoms with van der Waals surface area (Å²) in [7, 11) is 3.45. The molecule has 0 saturated heterocycles. The second-order valence-electron chi connectivity index (χ2n) is 6.58. The molecule has 1 heterocycles. The van der Waals surface area contributed by atoms with Crippen LogP contribution < -0.4 is 10.5 Å². The molecule has 3 atom stereocenters. The van der Waals surface area contributed by atoms with Crippen molar-refractivity contribution in [3.63, 3.8) is 0 Å². The average Bonchev–Trinajstić information content (AvgIpc) is 2.90. The lowest BCUT2D eigenvalue weighted by molar-refractivity contribution is -0.0739. The van der Waals surface area contributed by atoms with Crippen molar-refractivity contribution in [3.8, 4) is 5.75 Å². The van der Waals surface area contributed by atoms with E-state index in [1.807, 2.05) is 4.68 Å². The van der Waals surface area contributed by atoms with Gasteiger partial charge in [-0.2, -0.15) is 5.10 Å². The molecule has 21 heavy (non-hydrogen) atoms. The molecule has 2 N–H and O–H groups in total. The first kappa shape index (κ1) is 16.3. The van der Waals surface area contributed by atoms with Gasteiger partial charge in [-0.15, -0.1) is 0 Å². The van der Waals surface area contributed by atoms with E-state index in [9.17, 15) is 0 Å². The zero-order chi connectivity index (χ0) is 15.6. The van der Waals surface area contributed by atoms with Crippen LogP contribution in [0.1, 0.15) is 64.2 Å². The third kappa shape index (κ3) is 2.94. The van der Waals surface area contributed by atoms with E-state index in [-0.39, 0.29) is 17.7 Å². The summed E-state index contributed by atoms with van der Waals surface area (Å²) in [6.07, 6.45) is 6.13. The number of nitrogens with two attached hydrogens (primary N) is 1. The number of ether oxygens (including phenoxy) is 2. The molecule has 1 aromatic heterocycles. The monoisotopic (exact) mass is 295 g/mol. The molecule has 120 valence electrons. The largest absolute Gasteiger partial charge is 0.493 e. The molecule has 5 heteroatoms. The second kappa shape index (κ2) is 6.36. The lowest BCUT2D eigenvalue weighted by atomic mass is 9.74. The lowest BCUT2D eigenvalue weighted by Gasteiger charge is -2.43. The summed E-state index contributed by atoms with van der Waals surface area (Å²) in [5, 5.41) is 4.44. The third-order valence-electron chi connectivity index (χ3n) is 4.77. The lowest BCUT2D eigenvalue weighted by Crippen LogP contribution is -2.47. The molecule has 0 bridgehead atoms. The van der Waals surface area contributed by atoms with Gasteiger partial charge in [-0.3, -0.25) is 4.68 Å². The summed E-state index contributed by atoms with van der Waals surface area (Å²) in [4.78, 5) is 0. The Kier molecular flexibility index (Phi) is 4.94. The van der Waals surface area contributed by atoms with Crippen LogP contribution in [-0.2, 0) is 4.74 Å². The highest BCUT2D eigenvalue weighted by Crippen LogP contribution is 2.44. The number of nitrogens with zero attached hydrogens (tertiary/aromatic N) is 2. The molecule has 0 aliphatic heterocycles. The molecular weight excluding hydrogens is 266 g/mol. The quantitative estimate of drug-likeness (QED) is 0.907. The predicted octanol–water partition coefficient (Wildman–Crippen LogP) is 3.07. The molecular formula is C16H29N3O2. The van der Waals surface area contributed by atoms with E-state index in [0.717, 1.165) is 30.7 Å². The van der Waals surface area contributed by atoms with Crippen LogP contribution in [0.25, 0.3) is 0 Å². The maximum Gasteiger partial charge on any atom is 0.161 e. The Morgan fingerprint density at radius 3 is 2.67 bits per heavy atom. The van der Waals surface area contributed by atoms with Gasteiger partial charge in [0.05, 0.1) is 24.9 Å². The molecule has 1 aliphatic carbocycles. The molecule has 5 nitrogen and oxygen atoms in total. The van der Waals surface area contributed by atoms with Crippen molar-refractivity contribution in [2.75, 3.05) is 14.2 Å². The average molecular weight is 295 g/mol. The Labute approximate surface area is 127 Å². The molecule has 0 radical (unpaired) electrons. The first-order valence-corrected chi connectivity index (χ1v) is 7.87. The fourth-order valence-corrected chi connectivity index (χ4v) is 3.61. The van der Waals surface area contributed by atoms with E-state index in [0.29, 0.717) is 5.92 Å². The van der Waals surface area contributed by atoms with Gasteiger partial charge < -0.3 is 15.2 Å². The molecule has 1 aliphatic rings. The van der Waals surface area contributed by atoms with Gasteiger partial charge in [0.15, 0.2) is 5.75 Å². The van der Waals surface area contributed by atoms with Crippen molar-refractivity contribution in [3.05, 3.63) is 11.9 Å². The standard InChI is InChI=1S/C16H29N3O2/c1-11(2)19-14(13(20-4)10-18-19)15(17)16(21-5)8-6-7-12(3)9-16/h10-12,15H,6-9,17H2,1-5H3. The van der Waals surface area contributed by atoms with Gasteiger partial charge in [-0.1, -0.05) is 19.8 Å². The predicted molar refractivity (Wildman–Crippen MR) is 83.5 cm³/mol. The van der Waals surface area contributed by atoms with E-state index in [4.69, 9.17) is 15.2 Å². The zero-order valence-corrected chi connectivity index (χ0v) is 13.9. The maximum atomic E-state index is 6.67. The van der Waals surface area contributed by atoms with Gasteiger partial charge in [0.25, 0.3) is 0 Å². The van der Waals surface area contributed by atoms with Gasteiger partial charge in [0.2, 0.25) is 0 Å². The highest BCUT2D eigenvalue weighted by molar-refractivity contribution is 5.31. The normalized spacial score (nSPS) is 27.9. The number of aromatic nitrogens is 2. The fourth-order valence-electron chi connectivity index (χ4n) is 3.61. The van der Waals surface area contributed by atoms with Crippen LogP contribution >= 0.6 is 0 Å². The Morgan fingerprint density at radius 1 is 1.43 bits per heavy atom. The summed E-state index contributed by atoms with van der Waals surface area (Å²) in [6, 6.07) is 0.00923. The van der Waals surface area contributed by atoms with E-state index in [1.54, 1.807) is 20.4 Å².